The van der Waals surface area contributed by atoms with E-state index in [1.165, 1.54) is 29.2 Å². The number of benzene rings is 2. The Kier molecular flexibility index (Phi) is 5.39. The Hall–Kier alpha value is -2.70. The number of likely N-dealkylation sites (tertiary alicyclic amines) is 1. The minimum Gasteiger partial charge on any atom is -0.507 e. The number of hydrogen-bond donors (Lipinski definition) is 1. The standard InChI is InChI=1S/C22H19ClFNO4/c23-15-4-1-3-14(11-15)19-18(20(26)13-6-8-16(24)9-7-13)21(27)22(28)25(19)12-17-5-2-10-29-17/h1,3-4,6-9,11,17,19,26H,2,5,10,12H2. The van der Waals surface area contributed by atoms with Crippen molar-refractivity contribution < 1.29 is 23.8 Å². The highest BCUT2D eigenvalue weighted by Gasteiger charge is 2.47. The predicted octanol–water partition coefficient (Wildman–Crippen LogP) is 4.08. The Morgan fingerprint density at radius 3 is 2.62 bits per heavy atom. The van der Waals surface area contributed by atoms with Crippen LogP contribution in [-0.2, 0) is 14.3 Å². The monoisotopic (exact) mass is 415 g/mol. The van der Waals surface area contributed by atoms with Gasteiger partial charge in [-0.25, -0.2) is 4.39 Å². The highest BCUT2D eigenvalue weighted by atomic mass is 35.5. The van der Waals surface area contributed by atoms with Crippen LogP contribution >= 0.6 is 11.6 Å². The highest BCUT2D eigenvalue weighted by Crippen LogP contribution is 2.40. The molecule has 0 saturated carbocycles. The smallest absolute Gasteiger partial charge is 0.295 e. The van der Waals surface area contributed by atoms with Crippen LogP contribution in [0.15, 0.2) is 54.1 Å². The number of hydrogen-bond acceptors (Lipinski definition) is 4. The average Bonchev–Trinajstić information content (AvgIpc) is 3.30. The summed E-state index contributed by atoms with van der Waals surface area (Å²) in [5.74, 6) is -2.29. The molecule has 150 valence electrons. The Labute approximate surface area is 172 Å². The SMILES string of the molecule is O=C1C(=O)N(CC2CCCO2)C(c2cccc(Cl)c2)C1=C(O)c1ccc(F)cc1. The van der Waals surface area contributed by atoms with Gasteiger partial charge in [-0.15, -0.1) is 0 Å². The van der Waals surface area contributed by atoms with Crippen molar-refractivity contribution in [1.29, 1.82) is 0 Å². The maximum atomic E-state index is 13.3. The number of Topliss-reactive ketones (excluding diaryl/α,β-unsaturated/α-hetero) is 1. The normalized spacial score (nSPS) is 23.7. The van der Waals surface area contributed by atoms with E-state index in [9.17, 15) is 19.1 Å². The lowest BCUT2D eigenvalue weighted by atomic mass is 9.95. The van der Waals surface area contributed by atoms with Crippen molar-refractivity contribution in [3.63, 3.8) is 0 Å². The van der Waals surface area contributed by atoms with Crippen LogP contribution in [0.4, 0.5) is 4.39 Å². The van der Waals surface area contributed by atoms with E-state index in [1.807, 2.05) is 0 Å². The summed E-state index contributed by atoms with van der Waals surface area (Å²) in [6.45, 7) is 0.855. The second-order valence-corrected chi connectivity index (χ2v) is 7.58. The quantitative estimate of drug-likeness (QED) is 0.464. The molecule has 29 heavy (non-hydrogen) atoms. The Morgan fingerprint density at radius 1 is 1.21 bits per heavy atom. The van der Waals surface area contributed by atoms with Crippen LogP contribution in [0.5, 0.6) is 0 Å². The van der Waals surface area contributed by atoms with E-state index in [2.05, 4.69) is 0 Å². The maximum absolute atomic E-state index is 13.3. The summed E-state index contributed by atoms with van der Waals surface area (Å²) in [6, 6.07) is 11.1. The first-order valence-electron chi connectivity index (χ1n) is 9.37. The molecular formula is C22H19ClFNO4. The van der Waals surface area contributed by atoms with Crippen molar-refractivity contribution in [3.8, 4) is 0 Å². The van der Waals surface area contributed by atoms with E-state index in [0.29, 0.717) is 17.2 Å². The molecule has 2 fully saturated rings. The number of halogens is 2. The molecule has 7 heteroatoms. The number of amides is 1. The van der Waals surface area contributed by atoms with Gasteiger partial charge in [0.2, 0.25) is 0 Å². The van der Waals surface area contributed by atoms with Crippen LogP contribution in [0, 0.1) is 5.82 Å². The van der Waals surface area contributed by atoms with E-state index in [-0.39, 0.29) is 29.5 Å². The van der Waals surface area contributed by atoms with Crippen molar-refractivity contribution in [3.05, 3.63) is 76.1 Å². The molecule has 2 saturated heterocycles. The van der Waals surface area contributed by atoms with E-state index in [0.717, 1.165) is 12.8 Å². The summed E-state index contributed by atoms with van der Waals surface area (Å²) in [4.78, 5) is 27.2. The van der Waals surface area contributed by atoms with Crippen molar-refractivity contribution in [2.45, 2.75) is 25.0 Å². The largest absolute Gasteiger partial charge is 0.507 e. The second-order valence-electron chi connectivity index (χ2n) is 7.15. The Morgan fingerprint density at radius 2 is 1.97 bits per heavy atom. The van der Waals surface area contributed by atoms with Gasteiger partial charge in [0.1, 0.15) is 11.6 Å². The van der Waals surface area contributed by atoms with E-state index in [4.69, 9.17) is 16.3 Å². The molecule has 2 atom stereocenters. The first-order chi connectivity index (χ1) is 14.0. The molecule has 0 aliphatic carbocycles. The zero-order valence-electron chi connectivity index (χ0n) is 15.5. The second kappa shape index (κ2) is 7.97. The molecule has 2 aliphatic heterocycles. The molecular weight excluding hydrogens is 397 g/mol. The van der Waals surface area contributed by atoms with Crippen LogP contribution in [0.3, 0.4) is 0 Å². The summed E-state index contributed by atoms with van der Waals surface area (Å²) in [7, 11) is 0. The van der Waals surface area contributed by atoms with Crippen molar-refractivity contribution in [2.24, 2.45) is 0 Å². The van der Waals surface area contributed by atoms with Gasteiger partial charge in [0, 0.05) is 23.7 Å². The van der Waals surface area contributed by atoms with Gasteiger partial charge in [0.05, 0.1) is 17.7 Å². The van der Waals surface area contributed by atoms with Gasteiger partial charge in [-0.1, -0.05) is 23.7 Å². The zero-order chi connectivity index (χ0) is 20.5. The zero-order valence-corrected chi connectivity index (χ0v) is 16.2. The Balaban J connectivity index is 1.83. The molecule has 1 amide bonds. The summed E-state index contributed by atoms with van der Waals surface area (Å²) in [6.07, 6.45) is 1.52. The lowest BCUT2D eigenvalue weighted by Crippen LogP contribution is -2.36. The fourth-order valence-corrected chi connectivity index (χ4v) is 4.06. The third kappa shape index (κ3) is 3.78. The molecule has 2 heterocycles. The van der Waals surface area contributed by atoms with Crippen LogP contribution in [0.25, 0.3) is 5.76 Å². The number of rotatable bonds is 4. The summed E-state index contributed by atoms with van der Waals surface area (Å²) >= 11 is 6.14. The van der Waals surface area contributed by atoms with Gasteiger partial charge in [0.15, 0.2) is 0 Å². The number of aliphatic hydroxyl groups excluding tert-OH is 1. The van der Waals surface area contributed by atoms with Crippen molar-refractivity contribution in [2.75, 3.05) is 13.2 Å². The number of aliphatic hydroxyl groups is 1. The lowest BCUT2D eigenvalue weighted by molar-refractivity contribution is -0.140. The van der Waals surface area contributed by atoms with Crippen LogP contribution in [0.1, 0.15) is 30.0 Å². The van der Waals surface area contributed by atoms with E-state index >= 15 is 0 Å². The average molecular weight is 416 g/mol. The first-order valence-corrected chi connectivity index (χ1v) is 9.75. The molecule has 5 nitrogen and oxygen atoms in total. The van der Waals surface area contributed by atoms with Gasteiger partial charge in [-0.05, 0) is 54.8 Å². The third-order valence-electron chi connectivity index (χ3n) is 5.25. The molecule has 1 N–H and O–H groups in total. The number of carbonyl (C=O) groups excluding carboxylic acids is 2. The molecule has 0 spiro atoms. The topological polar surface area (TPSA) is 66.8 Å². The van der Waals surface area contributed by atoms with Crippen molar-refractivity contribution >= 4 is 29.1 Å². The van der Waals surface area contributed by atoms with Crippen molar-refractivity contribution in [1.82, 2.24) is 4.90 Å². The number of nitrogens with zero attached hydrogens (tertiary/aromatic N) is 1. The molecule has 0 radical (unpaired) electrons. The summed E-state index contributed by atoms with van der Waals surface area (Å²) < 4.78 is 18.9. The van der Waals surface area contributed by atoms with Gasteiger partial charge in [-0.3, -0.25) is 9.59 Å². The summed E-state index contributed by atoms with van der Waals surface area (Å²) in [5, 5.41) is 11.3. The lowest BCUT2D eigenvalue weighted by Gasteiger charge is -2.27. The molecule has 2 unspecified atom stereocenters. The van der Waals surface area contributed by atoms with E-state index < -0.39 is 23.5 Å². The molecule has 2 aromatic rings. The van der Waals surface area contributed by atoms with Gasteiger partial charge in [-0.2, -0.15) is 0 Å². The minimum absolute atomic E-state index is 0.0399. The fraction of sp³-hybridized carbons (Fsp3) is 0.273. The molecule has 4 rings (SSSR count). The maximum Gasteiger partial charge on any atom is 0.295 e. The van der Waals surface area contributed by atoms with Gasteiger partial charge < -0.3 is 14.7 Å². The number of ketones is 1. The molecule has 2 aromatic carbocycles. The molecule has 0 bridgehead atoms. The van der Waals surface area contributed by atoms with E-state index in [1.54, 1.807) is 24.3 Å². The van der Waals surface area contributed by atoms with Crippen LogP contribution in [-0.4, -0.2) is 41.0 Å². The van der Waals surface area contributed by atoms with Gasteiger partial charge >= 0.3 is 0 Å². The third-order valence-corrected chi connectivity index (χ3v) is 5.48. The number of carbonyl (C=O) groups is 2. The minimum atomic E-state index is -0.803. The predicted molar refractivity (Wildman–Crippen MR) is 106 cm³/mol. The Bertz CT molecular complexity index is 983. The number of ether oxygens (including phenoxy) is 1. The fourth-order valence-electron chi connectivity index (χ4n) is 3.86. The highest BCUT2D eigenvalue weighted by molar-refractivity contribution is 6.46. The molecule has 2 aliphatic rings. The van der Waals surface area contributed by atoms with Gasteiger partial charge in [0.25, 0.3) is 11.7 Å². The summed E-state index contributed by atoms with van der Waals surface area (Å²) in [5.41, 5.74) is 0.828. The van der Waals surface area contributed by atoms with Crippen LogP contribution in [0.2, 0.25) is 5.02 Å². The van der Waals surface area contributed by atoms with Crippen LogP contribution < -0.4 is 0 Å². The molecule has 0 aromatic heterocycles. The first kappa shape index (κ1) is 19.6.